The monoisotopic (exact) mass is 171 g/mol. The van der Waals surface area contributed by atoms with Gasteiger partial charge in [-0.15, -0.1) is 0 Å². The molecule has 2 atom stereocenters. The molecule has 0 aromatic carbocycles. The summed E-state index contributed by atoms with van der Waals surface area (Å²) in [6.07, 6.45) is 1.46. The number of nitrogens with two attached hydrogens (primary N) is 1. The summed E-state index contributed by atoms with van der Waals surface area (Å²) >= 11 is 0. The Morgan fingerprint density at radius 3 is 2.42 bits per heavy atom. The molecule has 0 heterocycles. The molecule has 1 rings (SSSR count). The van der Waals surface area contributed by atoms with Gasteiger partial charge < -0.3 is 10.5 Å². The van der Waals surface area contributed by atoms with Gasteiger partial charge in [-0.3, -0.25) is 4.79 Å². The van der Waals surface area contributed by atoms with Gasteiger partial charge in [0.05, 0.1) is 0 Å². The molecular formula is C9H17NO2. The molecule has 12 heavy (non-hydrogen) atoms. The molecule has 3 nitrogen and oxygen atoms in total. The Labute approximate surface area is 73.3 Å². The van der Waals surface area contributed by atoms with Gasteiger partial charge in [0.15, 0.2) is 0 Å². The molecule has 1 aliphatic rings. The molecule has 0 amide bonds. The van der Waals surface area contributed by atoms with Crippen LogP contribution in [-0.4, -0.2) is 17.6 Å². The van der Waals surface area contributed by atoms with Crippen LogP contribution in [0.2, 0.25) is 0 Å². The molecule has 0 unspecified atom stereocenters. The summed E-state index contributed by atoms with van der Waals surface area (Å²) in [4.78, 5) is 11.2. The molecule has 2 N–H and O–H groups in total. The van der Waals surface area contributed by atoms with Gasteiger partial charge in [-0.25, -0.2) is 0 Å². The van der Waals surface area contributed by atoms with E-state index in [1.165, 1.54) is 0 Å². The number of carbonyl (C=O) groups is 1. The zero-order valence-electron chi connectivity index (χ0n) is 7.96. The Hall–Kier alpha value is -0.570. The summed E-state index contributed by atoms with van der Waals surface area (Å²) in [7, 11) is 0. The van der Waals surface area contributed by atoms with Crippen molar-refractivity contribution >= 4 is 5.97 Å². The summed E-state index contributed by atoms with van der Waals surface area (Å²) in [6.45, 7) is 5.62. The quantitative estimate of drug-likeness (QED) is 0.632. The number of esters is 1. The van der Waals surface area contributed by atoms with E-state index in [-0.39, 0.29) is 17.6 Å². The molecule has 0 radical (unpaired) electrons. The van der Waals surface area contributed by atoms with Crippen LogP contribution in [-0.2, 0) is 9.53 Å². The van der Waals surface area contributed by atoms with Gasteiger partial charge in [0, 0.05) is 12.5 Å². The second-order valence-electron chi connectivity index (χ2n) is 4.45. The van der Waals surface area contributed by atoms with Crippen molar-refractivity contribution in [2.75, 3.05) is 0 Å². The average molecular weight is 171 g/mol. The van der Waals surface area contributed by atoms with Crippen LogP contribution in [0.5, 0.6) is 0 Å². The van der Waals surface area contributed by atoms with Crippen LogP contribution in [0.15, 0.2) is 0 Å². The first-order chi connectivity index (χ1) is 5.38. The average Bonchev–Trinajstić information content (AvgIpc) is 2.40. The summed E-state index contributed by atoms with van der Waals surface area (Å²) in [5, 5.41) is 0. The highest BCUT2D eigenvalue weighted by Gasteiger charge is 2.36. The van der Waals surface area contributed by atoms with Gasteiger partial charge in [-0.2, -0.15) is 0 Å². The molecule has 1 aliphatic carbocycles. The smallest absolute Gasteiger partial charge is 0.306 e. The van der Waals surface area contributed by atoms with E-state index in [0.717, 1.165) is 6.42 Å². The van der Waals surface area contributed by atoms with Crippen molar-refractivity contribution in [2.24, 2.45) is 11.7 Å². The Kier molecular flexibility index (Phi) is 2.42. The lowest BCUT2D eigenvalue weighted by molar-refractivity contribution is -0.155. The van der Waals surface area contributed by atoms with E-state index in [4.69, 9.17) is 10.5 Å². The van der Waals surface area contributed by atoms with E-state index >= 15 is 0 Å². The highest BCUT2D eigenvalue weighted by atomic mass is 16.6. The third kappa shape index (κ3) is 3.22. The third-order valence-electron chi connectivity index (χ3n) is 1.83. The first kappa shape index (κ1) is 9.52. The molecule has 0 aromatic heterocycles. The molecule has 0 saturated heterocycles. The maximum atomic E-state index is 11.2. The van der Waals surface area contributed by atoms with E-state index < -0.39 is 0 Å². The van der Waals surface area contributed by atoms with Gasteiger partial charge in [0.1, 0.15) is 5.60 Å². The molecule has 70 valence electrons. The van der Waals surface area contributed by atoms with Crippen LogP contribution in [0.3, 0.4) is 0 Å². The molecular weight excluding hydrogens is 154 g/mol. The first-order valence-electron chi connectivity index (χ1n) is 4.36. The van der Waals surface area contributed by atoms with Gasteiger partial charge in [-0.1, -0.05) is 0 Å². The van der Waals surface area contributed by atoms with E-state index in [9.17, 15) is 4.79 Å². The molecule has 0 spiro atoms. The normalized spacial score (nSPS) is 28.3. The minimum atomic E-state index is -0.365. The van der Waals surface area contributed by atoms with Gasteiger partial charge in [0.25, 0.3) is 0 Å². The zero-order chi connectivity index (χ0) is 9.35. The third-order valence-corrected chi connectivity index (χ3v) is 1.83. The van der Waals surface area contributed by atoms with Crippen molar-refractivity contribution in [2.45, 2.75) is 45.3 Å². The fourth-order valence-corrected chi connectivity index (χ4v) is 1.10. The van der Waals surface area contributed by atoms with Crippen molar-refractivity contribution in [3.63, 3.8) is 0 Å². The number of rotatable bonds is 2. The predicted octanol–water partition coefficient (Wildman–Crippen LogP) is 1.07. The largest absolute Gasteiger partial charge is 0.460 e. The molecule has 0 aliphatic heterocycles. The highest BCUT2D eigenvalue weighted by Crippen LogP contribution is 2.31. The Balaban J connectivity index is 2.21. The first-order valence-corrected chi connectivity index (χ1v) is 4.36. The summed E-state index contributed by atoms with van der Waals surface area (Å²) in [6, 6.07) is 0.234. The standard InChI is InChI=1S/C9H17NO2/c1-9(2,3)12-8(11)5-6-4-7(6)10/h6-7H,4-5,10H2,1-3H3/t6-,7+/m1/s1. The maximum absolute atomic E-state index is 11.2. The Morgan fingerprint density at radius 1 is 1.58 bits per heavy atom. The van der Waals surface area contributed by atoms with E-state index in [2.05, 4.69) is 0 Å². The van der Waals surface area contributed by atoms with Crippen LogP contribution < -0.4 is 5.73 Å². The van der Waals surface area contributed by atoms with Crippen molar-refractivity contribution in [1.29, 1.82) is 0 Å². The number of ether oxygens (including phenoxy) is 1. The van der Waals surface area contributed by atoms with Crippen molar-refractivity contribution in [1.82, 2.24) is 0 Å². The molecule has 0 aromatic rings. The highest BCUT2D eigenvalue weighted by molar-refractivity contribution is 5.70. The predicted molar refractivity (Wildman–Crippen MR) is 46.5 cm³/mol. The van der Waals surface area contributed by atoms with Crippen LogP contribution in [0.4, 0.5) is 0 Å². The Bertz CT molecular complexity index is 183. The lowest BCUT2D eigenvalue weighted by Crippen LogP contribution is -2.24. The fraction of sp³-hybridized carbons (Fsp3) is 0.889. The van der Waals surface area contributed by atoms with Crippen molar-refractivity contribution in [3.05, 3.63) is 0 Å². The lowest BCUT2D eigenvalue weighted by Gasteiger charge is -2.19. The van der Waals surface area contributed by atoms with E-state index in [1.807, 2.05) is 20.8 Å². The number of hydrogen-bond acceptors (Lipinski definition) is 3. The SMILES string of the molecule is CC(C)(C)OC(=O)C[C@H]1C[C@@H]1N. The molecule has 1 saturated carbocycles. The van der Waals surface area contributed by atoms with Crippen molar-refractivity contribution < 1.29 is 9.53 Å². The van der Waals surface area contributed by atoms with Crippen LogP contribution in [0, 0.1) is 5.92 Å². The van der Waals surface area contributed by atoms with Crippen LogP contribution in [0.25, 0.3) is 0 Å². The Morgan fingerprint density at radius 2 is 2.08 bits per heavy atom. The lowest BCUT2D eigenvalue weighted by atomic mass is 10.2. The molecule has 0 bridgehead atoms. The van der Waals surface area contributed by atoms with E-state index in [0.29, 0.717) is 12.3 Å². The topological polar surface area (TPSA) is 52.3 Å². The zero-order valence-corrected chi connectivity index (χ0v) is 7.96. The van der Waals surface area contributed by atoms with Crippen LogP contribution in [0.1, 0.15) is 33.6 Å². The van der Waals surface area contributed by atoms with Gasteiger partial charge >= 0.3 is 5.97 Å². The maximum Gasteiger partial charge on any atom is 0.306 e. The second-order valence-corrected chi connectivity index (χ2v) is 4.45. The minimum Gasteiger partial charge on any atom is -0.460 e. The molecule has 1 fully saturated rings. The summed E-state index contributed by atoms with van der Waals surface area (Å²) in [5.41, 5.74) is 5.21. The molecule has 3 heteroatoms. The van der Waals surface area contributed by atoms with Crippen molar-refractivity contribution in [3.8, 4) is 0 Å². The van der Waals surface area contributed by atoms with Crippen LogP contribution >= 0.6 is 0 Å². The summed E-state index contributed by atoms with van der Waals surface area (Å²) in [5.74, 6) is 0.250. The number of carbonyl (C=O) groups excluding carboxylic acids is 1. The number of hydrogen-bond donors (Lipinski definition) is 1. The van der Waals surface area contributed by atoms with Gasteiger partial charge in [0.2, 0.25) is 0 Å². The van der Waals surface area contributed by atoms with Gasteiger partial charge in [-0.05, 0) is 33.1 Å². The second kappa shape index (κ2) is 3.05. The minimum absolute atomic E-state index is 0.125. The summed E-state index contributed by atoms with van der Waals surface area (Å²) < 4.78 is 5.14. The fourth-order valence-electron chi connectivity index (χ4n) is 1.10. The van der Waals surface area contributed by atoms with E-state index in [1.54, 1.807) is 0 Å².